The van der Waals surface area contributed by atoms with Crippen molar-refractivity contribution in [3.63, 3.8) is 0 Å². The van der Waals surface area contributed by atoms with E-state index in [4.69, 9.17) is 9.47 Å². The van der Waals surface area contributed by atoms with Gasteiger partial charge in [-0.25, -0.2) is 0 Å². The number of rotatable bonds is 7. The van der Waals surface area contributed by atoms with Gasteiger partial charge in [0.05, 0.1) is 6.10 Å². The third-order valence-electron chi connectivity index (χ3n) is 6.29. The summed E-state index contributed by atoms with van der Waals surface area (Å²) in [5, 5.41) is 7.04. The van der Waals surface area contributed by atoms with E-state index in [-0.39, 0.29) is 5.41 Å². The van der Waals surface area contributed by atoms with Crippen molar-refractivity contribution in [2.45, 2.75) is 70.4 Å². The average molecular weight is 431 g/mol. The standard InChI is InChI=1S/C25H42N4O2/c1-25(2,3)20-6-8-22(9-7-20)29-15-10-21(11-16-29)28-24(26-4)27-14-5-17-31-23-12-18-30-19-13-23/h6-9,21,23H,5,10-19H2,1-4H3,(H2,26,27,28). The number of piperidine rings is 1. The number of ether oxygens (including phenoxy) is 2. The molecule has 2 aliphatic heterocycles. The van der Waals surface area contributed by atoms with Gasteiger partial charge in [0.15, 0.2) is 5.96 Å². The number of aliphatic imine (C=N–C) groups is 1. The zero-order valence-corrected chi connectivity index (χ0v) is 20.0. The zero-order chi connectivity index (χ0) is 22.1. The summed E-state index contributed by atoms with van der Waals surface area (Å²) >= 11 is 0. The molecule has 2 heterocycles. The number of anilines is 1. The van der Waals surface area contributed by atoms with Gasteiger partial charge in [-0.15, -0.1) is 0 Å². The van der Waals surface area contributed by atoms with Crippen molar-refractivity contribution in [2.24, 2.45) is 4.99 Å². The van der Waals surface area contributed by atoms with E-state index in [1.807, 2.05) is 7.05 Å². The van der Waals surface area contributed by atoms with Gasteiger partial charge in [-0.05, 0) is 55.2 Å². The number of nitrogens with zero attached hydrogens (tertiary/aromatic N) is 2. The maximum Gasteiger partial charge on any atom is 0.191 e. The SMILES string of the molecule is CN=C(NCCCOC1CCOCC1)NC1CCN(c2ccc(C(C)(C)C)cc2)CC1. The van der Waals surface area contributed by atoms with Crippen LogP contribution in [0.4, 0.5) is 5.69 Å². The molecule has 2 fully saturated rings. The molecule has 3 rings (SSSR count). The Bertz CT molecular complexity index is 670. The Labute approximate surface area is 188 Å². The Morgan fingerprint density at radius 3 is 2.39 bits per heavy atom. The summed E-state index contributed by atoms with van der Waals surface area (Å²) in [6.45, 7) is 12.3. The maximum absolute atomic E-state index is 5.94. The lowest BCUT2D eigenvalue weighted by molar-refractivity contribution is -0.0320. The van der Waals surface area contributed by atoms with E-state index in [0.29, 0.717) is 12.1 Å². The minimum absolute atomic E-state index is 0.204. The van der Waals surface area contributed by atoms with Crippen molar-refractivity contribution in [3.05, 3.63) is 29.8 Å². The summed E-state index contributed by atoms with van der Waals surface area (Å²) in [4.78, 5) is 6.90. The highest BCUT2D eigenvalue weighted by Gasteiger charge is 2.21. The molecule has 0 spiro atoms. The van der Waals surface area contributed by atoms with Crippen molar-refractivity contribution in [2.75, 3.05) is 51.4 Å². The van der Waals surface area contributed by atoms with Crippen LogP contribution in [-0.2, 0) is 14.9 Å². The van der Waals surface area contributed by atoms with Gasteiger partial charge in [-0.2, -0.15) is 0 Å². The molecule has 0 atom stereocenters. The van der Waals surface area contributed by atoms with Gasteiger partial charge in [0.2, 0.25) is 0 Å². The van der Waals surface area contributed by atoms with Gasteiger partial charge in [-0.1, -0.05) is 32.9 Å². The smallest absolute Gasteiger partial charge is 0.191 e. The number of guanidine groups is 1. The zero-order valence-electron chi connectivity index (χ0n) is 20.0. The fraction of sp³-hybridized carbons (Fsp3) is 0.720. The van der Waals surface area contributed by atoms with Gasteiger partial charge in [0, 0.05) is 58.2 Å². The predicted molar refractivity (Wildman–Crippen MR) is 129 cm³/mol. The molecule has 0 aromatic heterocycles. The van der Waals surface area contributed by atoms with Gasteiger partial charge in [0.1, 0.15) is 0 Å². The lowest BCUT2D eigenvalue weighted by atomic mass is 9.87. The molecule has 6 nitrogen and oxygen atoms in total. The lowest BCUT2D eigenvalue weighted by Gasteiger charge is -2.35. The first-order chi connectivity index (χ1) is 15.0. The van der Waals surface area contributed by atoms with Crippen LogP contribution in [-0.4, -0.2) is 64.6 Å². The molecule has 2 aliphatic rings. The summed E-state index contributed by atoms with van der Waals surface area (Å²) in [5.41, 5.74) is 2.93. The number of hydrogen-bond acceptors (Lipinski definition) is 4. The first-order valence-corrected chi connectivity index (χ1v) is 12.0. The fourth-order valence-electron chi connectivity index (χ4n) is 4.21. The summed E-state index contributed by atoms with van der Waals surface area (Å²) in [7, 11) is 1.85. The van der Waals surface area contributed by atoms with E-state index >= 15 is 0 Å². The van der Waals surface area contributed by atoms with Crippen LogP contribution in [0.15, 0.2) is 29.3 Å². The third-order valence-corrected chi connectivity index (χ3v) is 6.29. The van der Waals surface area contributed by atoms with Crippen molar-refractivity contribution in [1.82, 2.24) is 10.6 Å². The molecule has 2 N–H and O–H groups in total. The molecule has 0 aliphatic carbocycles. The van der Waals surface area contributed by atoms with E-state index in [2.05, 4.69) is 65.6 Å². The summed E-state index contributed by atoms with van der Waals surface area (Å²) in [5.74, 6) is 0.902. The minimum Gasteiger partial charge on any atom is -0.381 e. The Balaban J connectivity index is 1.33. The lowest BCUT2D eigenvalue weighted by Crippen LogP contribution is -2.49. The maximum atomic E-state index is 5.94. The van der Waals surface area contributed by atoms with Crippen LogP contribution >= 0.6 is 0 Å². The Hall–Kier alpha value is -1.79. The second-order valence-corrected chi connectivity index (χ2v) is 9.74. The number of benzene rings is 1. The minimum atomic E-state index is 0.204. The van der Waals surface area contributed by atoms with Crippen LogP contribution in [0.2, 0.25) is 0 Å². The van der Waals surface area contributed by atoms with Gasteiger partial charge in [0.25, 0.3) is 0 Å². The molecule has 174 valence electrons. The highest BCUT2D eigenvalue weighted by atomic mass is 16.5. The first-order valence-electron chi connectivity index (χ1n) is 12.0. The summed E-state index contributed by atoms with van der Waals surface area (Å²) < 4.78 is 11.3. The highest BCUT2D eigenvalue weighted by molar-refractivity contribution is 5.79. The van der Waals surface area contributed by atoms with Crippen LogP contribution in [0, 0.1) is 0 Å². The van der Waals surface area contributed by atoms with Crippen molar-refractivity contribution in [3.8, 4) is 0 Å². The fourth-order valence-corrected chi connectivity index (χ4v) is 4.21. The second-order valence-electron chi connectivity index (χ2n) is 9.74. The molecule has 0 bridgehead atoms. The number of hydrogen-bond donors (Lipinski definition) is 2. The molecule has 31 heavy (non-hydrogen) atoms. The molecule has 2 saturated heterocycles. The molecule has 0 unspecified atom stereocenters. The third kappa shape index (κ3) is 7.69. The van der Waals surface area contributed by atoms with Gasteiger partial charge >= 0.3 is 0 Å². The monoisotopic (exact) mass is 430 g/mol. The molecule has 6 heteroatoms. The van der Waals surface area contributed by atoms with E-state index in [9.17, 15) is 0 Å². The topological polar surface area (TPSA) is 58.1 Å². The van der Waals surface area contributed by atoms with Gasteiger partial charge < -0.3 is 25.0 Å². The predicted octanol–water partition coefficient (Wildman–Crippen LogP) is 3.70. The highest BCUT2D eigenvalue weighted by Crippen LogP contribution is 2.26. The molecule has 0 saturated carbocycles. The van der Waals surface area contributed by atoms with Gasteiger partial charge in [-0.3, -0.25) is 4.99 Å². The second kappa shape index (κ2) is 11.7. The summed E-state index contributed by atoms with van der Waals surface area (Å²) in [6.07, 6.45) is 5.65. The average Bonchev–Trinajstić information content (AvgIpc) is 2.79. The Morgan fingerprint density at radius 2 is 1.77 bits per heavy atom. The molecular formula is C25H42N4O2. The van der Waals surface area contributed by atoms with E-state index in [1.54, 1.807) is 0 Å². The number of nitrogens with one attached hydrogen (secondary N) is 2. The first kappa shape index (κ1) is 23.9. The van der Waals surface area contributed by atoms with Crippen LogP contribution in [0.5, 0.6) is 0 Å². The van der Waals surface area contributed by atoms with E-state index in [1.165, 1.54) is 11.3 Å². The Morgan fingerprint density at radius 1 is 1.10 bits per heavy atom. The molecule has 1 aromatic carbocycles. The van der Waals surface area contributed by atoms with Crippen LogP contribution < -0.4 is 15.5 Å². The quantitative estimate of drug-likeness (QED) is 0.392. The van der Waals surface area contributed by atoms with Crippen LogP contribution in [0.25, 0.3) is 0 Å². The van der Waals surface area contributed by atoms with Crippen LogP contribution in [0.1, 0.15) is 58.4 Å². The van der Waals surface area contributed by atoms with Crippen LogP contribution in [0.3, 0.4) is 0 Å². The van der Waals surface area contributed by atoms with Crippen molar-refractivity contribution < 1.29 is 9.47 Å². The van der Waals surface area contributed by atoms with E-state index in [0.717, 1.165) is 77.5 Å². The Kier molecular flexibility index (Phi) is 9.02. The largest absolute Gasteiger partial charge is 0.381 e. The molecule has 1 aromatic rings. The van der Waals surface area contributed by atoms with E-state index < -0.39 is 0 Å². The van der Waals surface area contributed by atoms with Crippen molar-refractivity contribution >= 4 is 11.6 Å². The normalized spacial score (nSPS) is 19.5. The van der Waals surface area contributed by atoms with Crippen molar-refractivity contribution in [1.29, 1.82) is 0 Å². The molecule has 0 amide bonds. The molecule has 0 radical (unpaired) electrons. The molecular weight excluding hydrogens is 388 g/mol. The summed E-state index contributed by atoms with van der Waals surface area (Å²) in [6, 6.07) is 9.57.